The van der Waals surface area contributed by atoms with Crippen LogP contribution in [0, 0.1) is 0 Å². The molecule has 0 aliphatic heterocycles. The molecule has 1 rings (SSSR count). The van der Waals surface area contributed by atoms with Crippen molar-refractivity contribution in [2.75, 3.05) is 6.61 Å². The normalized spacial score (nSPS) is 11.6. The first-order valence-corrected chi connectivity index (χ1v) is 6.25. The first kappa shape index (κ1) is 11.6. The molecule has 14 heavy (non-hydrogen) atoms. The summed E-state index contributed by atoms with van der Waals surface area (Å²) in [6.07, 6.45) is 0.447. The van der Waals surface area contributed by atoms with Gasteiger partial charge in [0.15, 0.2) is 6.29 Å². The Morgan fingerprint density at radius 3 is 2.79 bits per heavy atom. The minimum absolute atomic E-state index is 0.0219. The number of carbonyl (C=O) groups excluding carboxylic acids is 1. The molecule has 0 amide bonds. The average Bonchev–Trinajstić information content (AvgIpc) is 2.47. The van der Waals surface area contributed by atoms with Crippen LogP contribution in [-0.2, 0) is 14.3 Å². The van der Waals surface area contributed by atoms with Gasteiger partial charge in [0.2, 0.25) is 0 Å². The van der Waals surface area contributed by atoms with Crippen LogP contribution in [-0.4, -0.2) is 21.3 Å². The number of halogens is 1. The summed E-state index contributed by atoms with van der Waals surface area (Å²) < 4.78 is 27.6. The van der Waals surface area contributed by atoms with Crippen LogP contribution >= 0.6 is 22.9 Å². The summed E-state index contributed by atoms with van der Waals surface area (Å²) in [6.45, 7) is 1.57. The van der Waals surface area contributed by atoms with E-state index in [2.05, 4.69) is 4.18 Å². The van der Waals surface area contributed by atoms with Gasteiger partial charge in [-0.3, -0.25) is 8.98 Å². The van der Waals surface area contributed by atoms with Gasteiger partial charge in [0, 0.05) is 0 Å². The molecule has 78 valence electrons. The predicted octanol–water partition coefficient (Wildman–Crippen LogP) is 1.94. The molecule has 0 spiro atoms. The molecule has 0 aliphatic rings. The van der Waals surface area contributed by atoms with E-state index in [0.717, 1.165) is 11.3 Å². The minimum Gasteiger partial charge on any atom is -0.297 e. The Labute approximate surface area is 90.6 Å². The smallest absolute Gasteiger partial charge is 0.297 e. The van der Waals surface area contributed by atoms with E-state index in [1.165, 1.54) is 6.07 Å². The Hall–Kier alpha value is -0.430. The van der Waals surface area contributed by atoms with Gasteiger partial charge in [0.05, 0.1) is 15.8 Å². The van der Waals surface area contributed by atoms with Crippen molar-refractivity contribution in [3.63, 3.8) is 0 Å². The topological polar surface area (TPSA) is 60.4 Å². The van der Waals surface area contributed by atoms with E-state index in [-0.39, 0.29) is 20.7 Å². The summed E-state index contributed by atoms with van der Waals surface area (Å²) in [5.74, 6) is 0. The van der Waals surface area contributed by atoms with Gasteiger partial charge in [-0.25, -0.2) is 0 Å². The molecule has 0 fully saturated rings. The van der Waals surface area contributed by atoms with Crippen LogP contribution in [0.5, 0.6) is 0 Å². The Balaban J connectivity index is 3.24. The maximum Gasteiger partial charge on any atom is 0.298 e. The molecule has 0 atom stereocenters. The van der Waals surface area contributed by atoms with Gasteiger partial charge in [-0.2, -0.15) is 8.42 Å². The molecule has 1 aromatic rings. The summed E-state index contributed by atoms with van der Waals surface area (Å²) in [5, 5.41) is 0. The van der Waals surface area contributed by atoms with Gasteiger partial charge in [-0.05, 0) is 13.0 Å². The van der Waals surface area contributed by atoms with Crippen molar-refractivity contribution in [2.45, 2.75) is 11.8 Å². The summed E-state index contributed by atoms with van der Waals surface area (Å²) >= 11 is 6.50. The van der Waals surface area contributed by atoms with Crippen molar-refractivity contribution >= 4 is 39.3 Å². The standard InChI is InChI=1S/C7H7ClO4S2/c1-2-12-14(10,11)6-3-7(8)13-5(6)4-9/h3-4H,2H2,1H3. The van der Waals surface area contributed by atoms with Gasteiger partial charge in [0.1, 0.15) is 4.90 Å². The van der Waals surface area contributed by atoms with E-state index in [4.69, 9.17) is 11.6 Å². The largest absolute Gasteiger partial charge is 0.298 e. The van der Waals surface area contributed by atoms with Gasteiger partial charge >= 0.3 is 0 Å². The van der Waals surface area contributed by atoms with Gasteiger partial charge < -0.3 is 0 Å². The van der Waals surface area contributed by atoms with Crippen molar-refractivity contribution in [1.82, 2.24) is 0 Å². The fraction of sp³-hybridized carbons (Fsp3) is 0.286. The molecule has 0 saturated heterocycles. The molecule has 0 N–H and O–H groups in total. The van der Waals surface area contributed by atoms with Crippen LogP contribution in [0.1, 0.15) is 16.6 Å². The quantitative estimate of drug-likeness (QED) is 0.609. The number of carbonyl (C=O) groups is 1. The second-order valence-corrected chi connectivity index (χ2v) is 5.56. The highest BCUT2D eigenvalue weighted by molar-refractivity contribution is 7.87. The van der Waals surface area contributed by atoms with E-state index >= 15 is 0 Å². The molecule has 4 nitrogen and oxygen atoms in total. The molecule has 1 heterocycles. The van der Waals surface area contributed by atoms with Crippen molar-refractivity contribution in [3.05, 3.63) is 15.3 Å². The summed E-state index contributed by atoms with van der Waals surface area (Å²) in [7, 11) is -3.84. The monoisotopic (exact) mass is 254 g/mol. The van der Waals surface area contributed by atoms with Crippen LogP contribution in [0.25, 0.3) is 0 Å². The summed E-state index contributed by atoms with van der Waals surface area (Å²) in [5.41, 5.74) is 0. The van der Waals surface area contributed by atoms with Crippen LogP contribution < -0.4 is 0 Å². The van der Waals surface area contributed by atoms with Crippen molar-refractivity contribution in [3.8, 4) is 0 Å². The Morgan fingerprint density at radius 1 is 1.64 bits per heavy atom. The van der Waals surface area contributed by atoms with E-state index < -0.39 is 10.1 Å². The molecule has 7 heteroatoms. The lowest BCUT2D eigenvalue weighted by Gasteiger charge is -2.00. The third-order valence-electron chi connectivity index (χ3n) is 1.34. The van der Waals surface area contributed by atoms with Crippen LogP contribution in [0.3, 0.4) is 0 Å². The minimum atomic E-state index is -3.84. The fourth-order valence-electron chi connectivity index (χ4n) is 0.855. The van der Waals surface area contributed by atoms with E-state index in [1.54, 1.807) is 6.92 Å². The predicted molar refractivity (Wildman–Crippen MR) is 53.5 cm³/mol. The number of rotatable bonds is 4. The van der Waals surface area contributed by atoms with Crippen molar-refractivity contribution in [1.29, 1.82) is 0 Å². The molecule has 0 aliphatic carbocycles. The number of aldehydes is 1. The van der Waals surface area contributed by atoms with Gasteiger partial charge in [0.25, 0.3) is 10.1 Å². The Morgan fingerprint density at radius 2 is 2.29 bits per heavy atom. The zero-order valence-electron chi connectivity index (χ0n) is 7.19. The van der Waals surface area contributed by atoms with Crippen molar-refractivity contribution < 1.29 is 17.4 Å². The highest BCUT2D eigenvalue weighted by atomic mass is 35.5. The summed E-state index contributed by atoms with van der Waals surface area (Å²) in [4.78, 5) is 10.4. The highest BCUT2D eigenvalue weighted by Gasteiger charge is 2.21. The van der Waals surface area contributed by atoms with Gasteiger partial charge in [-0.15, -0.1) is 11.3 Å². The highest BCUT2D eigenvalue weighted by Crippen LogP contribution is 2.29. The van der Waals surface area contributed by atoms with Crippen molar-refractivity contribution in [2.24, 2.45) is 0 Å². The lowest BCUT2D eigenvalue weighted by Crippen LogP contribution is -2.06. The zero-order chi connectivity index (χ0) is 10.8. The Kier molecular flexibility index (Phi) is 3.65. The van der Waals surface area contributed by atoms with Crippen LogP contribution in [0.4, 0.5) is 0 Å². The third-order valence-corrected chi connectivity index (χ3v) is 4.09. The molecule has 0 saturated carbocycles. The van der Waals surface area contributed by atoms with Crippen LogP contribution in [0.15, 0.2) is 11.0 Å². The Bertz CT molecular complexity index is 435. The molecule has 1 aromatic heterocycles. The van der Waals surface area contributed by atoms with E-state index in [1.807, 2.05) is 0 Å². The molecule has 0 radical (unpaired) electrons. The maximum absolute atomic E-state index is 11.4. The first-order chi connectivity index (χ1) is 6.51. The number of hydrogen-bond donors (Lipinski definition) is 0. The number of thiophene rings is 1. The number of hydrogen-bond acceptors (Lipinski definition) is 5. The molecule has 0 bridgehead atoms. The average molecular weight is 255 g/mol. The molecule has 0 aromatic carbocycles. The lowest BCUT2D eigenvalue weighted by molar-refractivity contribution is 0.112. The second-order valence-electron chi connectivity index (χ2n) is 2.26. The first-order valence-electron chi connectivity index (χ1n) is 3.65. The third kappa shape index (κ3) is 2.33. The zero-order valence-corrected chi connectivity index (χ0v) is 9.58. The lowest BCUT2D eigenvalue weighted by atomic mass is 10.5. The van der Waals surface area contributed by atoms with E-state index in [9.17, 15) is 13.2 Å². The summed E-state index contributed by atoms with van der Waals surface area (Å²) in [6, 6.07) is 1.21. The van der Waals surface area contributed by atoms with E-state index in [0.29, 0.717) is 6.29 Å². The molecule has 0 unspecified atom stereocenters. The van der Waals surface area contributed by atoms with Gasteiger partial charge in [-0.1, -0.05) is 11.6 Å². The molecular weight excluding hydrogens is 248 g/mol. The SMILES string of the molecule is CCOS(=O)(=O)c1cc(Cl)sc1C=O. The maximum atomic E-state index is 11.4. The fourth-order valence-corrected chi connectivity index (χ4v) is 3.37. The molecular formula is C7H7ClO4S2. The second kappa shape index (κ2) is 4.39. The van der Waals surface area contributed by atoms with Crippen LogP contribution in [0.2, 0.25) is 4.34 Å².